The Kier molecular flexibility index (Phi) is 5.04. The summed E-state index contributed by atoms with van der Waals surface area (Å²) in [7, 11) is 0. The van der Waals surface area contributed by atoms with E-state index in [-0.39, 0.29) is 0 Å². The molecule has 0 spiro atoms. The summed E-state index contributed by atoms with van der Waals surface area (Å²) in [5.74, 6) is -0.978. The number of urea groups is 1. The van der Waals surface area contributed by atoms with E-state index < -0.39 is 29.9 Å². The summed E-state index contributed by atoms with van der Waals surface area (Å²) in [6.07, 6.45) is 1.66. The first-order chi connectivity index (χ1) is 14.4. The maximum Gasteiger partial charge on any atom is 0.325 e. The lowest BCUT2D eigenvalue weighted by atomic mass is 9.91. The van der Waals surface area contributed by atoms with Gasteiger partial charge in [0.25, 0.3) is 5.91 Å². The van der Waals surface area contributed by atoms with Crippen LogP contribution in [-0.4, -0.2) is 39.3 Å². The topological polar surface area (TPSA) is 104 Å². The summed E-state index contributed by atoms with van der Waals surface area (Å²) in [4.78, 5) is 47.3. The Hall–Kier alpha value is -3.59. The number of nitrogens with zero attached hydrogens (tertiary/aromatic N) is 3. The molecule has 2 N–H and O–H groups in total. The number of aromatic nitrogens is 2. The lowest BCUT2D eigenvalue weighted by Crippen LogP contribution is -2.42. The van der Waals surface area contributed by atoms with Crippen molar-refractivity contribution in [1.29, 1.82) is 0 Å². The first-order valence-electron chi connectivity index (χ1n) is 9.25. The van der Waals surface area contributed by atoms with E-state index in [1.165, 1.54) is 11.3 Å². The number of amides is 4. The van der Waals surface area contributed by atoms with Gasteiger partial charge in [-0.05, 0) is 31.5 Å². The molecule has 9 heteroatoms. The number of pyridine rings is 1. The fourth-order valence-electron chi connectivity index (χ4n) is 3.19. The average Bonchev–Trinajstić information content (AvgIpc) is 3.28. The van der Waals surface area contributed by atoms with Crippen LogP contribution < -0.4 is 10.6 Å². The van der Waals surface area contributed by atoms with Crippen LogP contribution in [0.25, 0.3) is 11.4 Å². The van der Waals surface area contributed by atoms with E-state index in [1.807, 2.05) is 31.2 Å². The van der Waals surface area contributed by atoms with Crippen molar-refractivity contribution >= 4 is 34.3 Å². The Bertz CT molecular complexity index is 1110. The minimum absolute atomic E-state index is 0.369. The van der Waals surface area contributed by atoms with Crippen molar-refractivity contribution in [2.45, 2.75) is 19.4 Å². The van der Waals surface area contributed by atoms with E-state index in [0.717, 1.165) is 10.5 Å². The minimum Gasteiger partial charge on any atom is -0.319 e. The highest BCUT2D eigenvalue weighted by Crippen LogP contribution is 2.29. The van der Waals surface area contributed by atoms with E-state index in [2.05, 4.69) is 20.6 Å². The van der Waals surface area contributed by atoms with Crippen LogP contribution in [0.4, 0.5) is 9.93 Å². The Labute approximate surface area is 177 Å². The van der Waals surface area contributed by atoms with Crippen LogP contribution >= 0.6 is 11.3 Å². The third-order valence-electron chi connectivity index (χ3n) is 4.88. The normalized spacial score (nSPS) is 18.4. The summed E-state index contributed by atoms with van der Waals surface area (Å²) >= 11 is 1.24. The van der Waals surface area contributed by atoms with Crippen molar-refractivity contribution < 1.29 is 14.4 Å². The predicted octanol–water partition coefficient (Wildman–Crippen LogP) is 2.92. The summed E-state index contributed by atoms with van der Waals surface area (Å²) in [6, 6.07) is 12.2. The molecule has 3 heterocycles. The first kappa shape index (κ1) is 19.7. The van der Waals surface area contributed by atoms with Gasteiger partial charge in [0, 0.05) is 11.6 Å². The summed E-state index contributed by atoms with van der Waals surface area (Å²) < 4.78 is 0. The molecule has 4 amide bonds. The van der Waals surface area contributed by atoms with Gasteiger partial charge in [-0.1, -0.05) is 35.9 Å². The standard InChI is InChI=1S/C21H19N5O3S/c1-13-6-8-14(9-7-13)21(2)18(28)26(20(29)25-21)11-17(27)24-19-23-16(12-30-19)15-5-3-4-10-22-15/h3-10,12H,11H2,1-2H3,(H,25,29)(H,23,24,27)/t21-/m0/s1. The number of nitrogens with one attached hydrogen (secondary N) is 2. The predicted molar refractivity (Wildman–Crippen MR) is 113 cm³/mol. The zero-order chi connectivity index (χ0) is 21.3. The quantitative estimate of drug-likeness (QED) is 0.617. The lowest BCUT2D eigenvalue weighted by molar-refractivity contribution is -0.133. The highest BCUT2D eigenvalue weighted by Gasteiger charge is 2.49. The Morgan fingerprint density at radius 1 is 1.17 bits per heavy atom. The molecule has 1 aliphatic rings. The number of benzene rings is 1. The fraction of sp³-hybridized carbons (Fsp3) is 0.190. The van der Waals surface area contributed by atoms with Crippen LogP contribution in [-0.2, 0) is 15.1 Å². The molecule has 0 saturated carbocycles. The number of hydrogen-bond donors (Lipinski definition) is 2. The molecule has 1 atom stereocenters. The first-order valence-corrected chi connectivity index (χ1v) is 10.1. The van der Waals surface area contributed by atoms with Gasteiger partial charge in [0.05, 0.1) is 5.69 Å². The number of aryl methyl sites for hydroxylation is 1. The van der Waals surface area contributed by atoms with Gasteiger partial charge in [0.1, 0.15) is 17.8 Å². The van der Waals surface area contributed by atoms with Crippen molar-refractivity contribution in [3.8, 4) is 11.4 Å². The van der Waals surface area contributed by atoms with E-state index in [0.29, 0.717) is 22.1 Å². The van der Waals surface area contributed by atoms with Gasteiger partial charge in [-0.15, -0.1) is 11.3 Å². The molecule has 1 aliphatic heterocycles. The molecular formula is C21H19N5O3S. The molecule has 0 unspecified atom stereocenters. The average molecular weight is 421 g/mol. The van der Waals surface area contributed by atoms with Crippen molar-refractivity contribution in [2.24, 2.45) is 0 Å². The largest absolute Gasteiger partial charge is 0.325 e. The molecule has 0 radical (unpaired) electrons. The molecule has 3 aromatic rings. The Balaban J connectivity index is 1.45. The molecule has 4 rings (SSSR count). The Morgan fingerprint density at radius 2 is 1.93 bits per heavy atom. The Morgan fingerprint density at radius 3 is 2.63 bits per heavy atom. The minimum atomic E-state index is -1.21. The second-order valence-electron chi connectivity index (χ2n) is 7.11. The number of anilines is 1. The second kappa shape index (κ2) is 7.68. The fourth-order valence-corrected chi connectivity index (χ4v) is 3.91. The van der Waals surface area contributed by atoms with Crippen LogP contribution in [0.1, 0.15) is 18.1 Å². The summed E-state index contributed by atoms with van der Waals surface area (Å²) in [5.41, 5.74) is 1.83. The molecule has 0 bridgehead atoms. The molecule has 152 valence electrons. The van der Waals surface area contributed by atoms with Gasteiger partial charge in [0.15, 0.2) is 5.13 Å². The van der Waals surface area contributed by atoms with E-state index in [4.69, 9.17) is 0 Å². The van der Waals surface area contributed by atoms with Crippen LogP contribution in [0.5, 0.6) is 0 Å². The lowest BCUT2D eigenvalue weighted by Gasteiger charge is -2.22. The molecule has 1 saturated heterocycles. The van der Waals surface area contributed by atoms with E-state index in [9.17, 15) is 14.4 Å². The third kappa shape index (κ3) is 3.67. The second-order valence-corrected chi connectivity index (χ2v) is 7.97. The van der Waals surface area contributed by atoms with E-state index >= 15 is 0 Å². The zero-order valence-electron chi connectivity index (χ0n) is 16.4. The highest BCUT2D eigenvalue weighted by atomic mass is 32.1. The van der Waals surface area contributed by atoms with Gasteiger partial charge < -0.3 is 10.6 Å². The number of thiazole rings is 1. The molecule has 1 fully saturated rings. The number of carbonyl (C=O) groups excluding carboxylic acids is 3. The van der Waals surface area contributed by atoms with Crippen molar-refractivity contribution in [3.63, 3.8) is 0 Å². The number of carbonyl (C=O) groups is 3. The van der Waals surface area contributed by atoms with Crippen LogP contribution in [0.2, 0.25) is 0 Å². The van der Waals surface area contributed by atoms with Gasteiger partial charge in [0.2, 0.25) is 5.91 Å². The van der Waals surface area contributed by atoms with Crippen LogP contribution in [0.15, 0.2) is 54.0 Å². The molecule has 8 nitrogen and oxygen atoms in total. The molecule has 0 aliphatic carbocycles. The van der Waals surface area contributed by atoms with Gasteiger partial charge >= 0.3 is 6.03 Å². The van der Waals surface area contributed by atoms with E-state index in [1.54, 1.807) is 36.7 Å². The maximum absolute atomic E-state index is 12.9. The molecule has 30 heavy (non-hydrogen) atoms. The molecule has 1 aromatic carbocycles. The van der Waals surface area contributed by atoms with Crippen molar-refractivity contribution in [1.82, 2.24) is 20.2 Å². The zero-order valence-corrected chi connectivity index (χ0v) is 17.2. The number of hydrogen-bond acceptors (Lipinski definition) is 6. The summed E-state index contributed by atoms with van der Waals surface area (Å²) in [6.45, 7) is 3.18. The number of rotatable bonds is 5. The van der Waals surface area contributed by atoms with Crippen molar-refractivity contribution in [3.05, 3.63) is 65.2 Å². The smallest absolute Gasteiger partial charge is 0.319 e. The van der Waals surface area contributed by atoms with Gasteiger partial charge in [-0.25, -0.2) is 9.78 Å². The van der Waals surface area contributed by atoms with Gasteiger partial charge in [-0.3, -0.25) is 19.5 Å². The SMILES string of the molecule is Cc1ccc([C@]2(C)NC(=O)N(CC(=O)Nc3nc(-c4ccccn4)cs3)C2=O)cc1. The summed E-state index contributed by atoms with van der Waals surface area (Å²) in [5, 5.41) is 7.49. The molecular weight excluding hydrogens is 402 g/mol. The maximum atomic E-state index is 12.9. The van der Waals surface area contributed by atoms with Crippen LogP contribution in [0, 0.1) is 6.92 Å². The monoisotopic (exact) mass is 421 g/mol. The third-order valence-corrected chi connectivity index (χ3v) is 5.64. The molecule has 2 aromatic heterocycles. The number of imide groups is 1. The van der Waals surface area contributed by atoms with Crippen LogP contribution in [0.3, 0.4) is 0 Å². The van der Waals surface area contributed by atoms with Crippen molar-refractivity contribution in [2.75, 3.05) is 11.9 Å². The highest BCUT2D eigenvalue weighted by molar-refractivity contribution is 7.14. The van der Waals surface area contributed by atoms with Gasteiger partial charge in [-0.2, -0.15) is 0 Å².